The lowest BCUT2D eigenvalue weighted by atomic mass is 10.2. The largest absolute Gasteiger partial charge is 0.493 e. The molecule has 1 heterocycles. The zero-order valence-corrected chi connectivity index (χ0v) is 14.9. The van der Waals surface area contributed by atoms with Crippen LogP contribution in [0.4, 0.5) is 0 Å². The predicted molar refractivity (Wildman–Crippen MR) is 97.0 cm³/mol. The Balaban J connectivity index is 1.77. The van der Waals surface area contributed by atoms with Crippen LogP contribution in [0.25, 0.3) is 11.0 Å². The monoisotopic (exact) mass is 358 g/mol. The summed E-state index contributed by atoms with van der Waals surface area (Å²) in [6.45, 7) is 2.01. The van der Waals surface area contributed by atoms with E-state index in [4.69, 9.17) is 13.9 Å². The molecule has 25 heavy (non-hydrogen) atoms. The maximum atomic E-state index is 12.4. The third-order valence-corrected chi connectivity index (χ3v) is 4.28. The van der Waals surface area contributed by atoms with Gasteiger partial charge >= 0.3 is 5.91 Å². The third-order valence-electron chi connectivity index (χ3n) is 3.59. The molecule has 130 valence electrons. The fraction of sp³-hybridized carbons (Fsp3) is 0.167. The standard InChI is InChI=1S/C18H18N2O4S/c1-11-6-4-7-12(10-11)25-20-19-18(21)17-16(23-3)13-8-5-9-14(22-2)15(13)24-17/h4-10,20H,1-3H3,(H,19,21). The Morgan fingerprint density at radius 1 is 1.12 bits per heavy atom. The molecule has 0 aliphatic heterocycles. The molecule has 0 saturated carbocycles. The first-order valence-corrected chi connectivity index (χ1v) is 8.38. The first-order chi connectivity index (χ1) is 12.1. The molecule has 0 aliphatic rings. The average molecular weight is 358 g/mol. The van der Waals surface area contributed by atoms with Gasteiger partial charge < -0.3 is 13.9 Å². The SMILES string of the molecule is COc1c(C(=O)NNSc2cccc(C)c2)oc2c(OC)cccc12. The maximum Gasteiger partial charge on any atom is 0.305 e. The van der Waals surface area contributed by atoms with Gasteiger partial charge in [-0.3, -0.25) is 10.2 Å². The van der Waals surface area contributed by atoms with Gasteiger partial charge in [0, 0.05) is 4.90 Å². The lowest BCUT2D eigenvalue weighted by Gasteiger charge is -2.06. The number of benzene rings is 2. The molecule has 0 unspecified atom stereocenters. The number of methoxy groups -OCH3 is 2. The van der Waals surface area contributed by atoms with Crippen LogP contribution < -0.4 is 19.7 Å². The number of fused-ring (bicyclic) bond motifs is 1. The summed E-state index contributed by atoms with van der Waals surface area (Å²) in [5.41, 5.74) is 4.21. The molecule has 0 fully saturated rings. The normalized spacial score (nSPS) is 10.7. The van der Waals surface area contributed by atoms with Crippen molar-refractivity contribution >= 4 is 28.8 Å². The van der Waals surface area contributed by atoms with E-state index < -0.39 is 5.91 Å². The van der Waals surface area contributed by atoms with Crippen LogP contribution in [0.5, 0.6) is 11.5 Å². The van der Waals surface area contributed by atoms with Crippen molar-refractivity contribution in [1.82, 2.24) is 10.3 Å². The lowest BCUT2D eigenvalue weighted by molar-refractivity contribution is 0.0917. The maximum absolute atomic E-state index is 12.4. The van der Waals surface area contributed by atoms with Crippen LogP contribution in [-0.4, -0.2) is 20.1 Å². The highest BCUT2D eigenvalue weighted by Gasteiger charge is 2.23. The van der Waals surface area contributed by atoms with Crippen molar-refractivity contribution < 1.29 is 18.7 Å². The van der Waals surface area contributed by atoms with E-state index in [-0.39, 0.29) is 5.76 Å². The summed E-state index contributed by atoms with van der Waals surface area (Å²) in [5, 5.41) is 0.679. The van der Waals surface area contributed by atoms with Crippen molar-refractivity contribution in [2.75, 3.05) is 14.2 Å². The first-order valence-electron chi connectivity index (χ1n) is 7.56. The van der Waals surface area contributed by atoms with Crippen LogP contribution in [0.2, 0.25) is 0 Å². The Hall–Kier alpha value is -2.64. The second kappa shape index (κ2) is 7.50. The molecule has 0 bridgehead atoms. The quantitative estimate of drug-likeness (QED) is 0.517. The van der Waals surface area contributed by atoms with Crippen molar-refractivity contribution in [3.63, 3.8) is 0 Å². The van der Waals surface area contributed by atoms with Crippen LogP contribution in [0, 0.1) is 6.92 Å². The number of carbonyl (C=O) groups excluding carboxylic acids is 1. The third kappa shape index (κ3) is 3.57. The molecule has 1 aromatic heterocycles. The van der Waals surface area contributed by atoms with Gasteiger partial charge in [0.25, 0.3) is 0 Å². The summed E-state index contributed by atoms with van der Waals surface area (Å²) in [7, 11) is 3.04. The van der Waals surface area contributed by atoms with Gasteiger partial charge in [0.15, 0.2) is 17.1 Å². The van der Waals surface area contributed by atoms with E-state index in [1.807, 2.05) is 43.3 Å². The van der Waals surface area contributed by atoms with E-state index in [0.717, 1.165) is 10.5 Å². The van der Waals surface area contributed by atoms with Crippen LogP contribution in [0.15, 0.2) is 51.8 Å². The van der Waals surface area contributed by atoms with Gasteiger partial charge in [-0.15, -0.1) is 0 Å². The van der Waals surface area contributed by atoms with Gasteiger partial charge in [-0.1, -0.05) is 18.2 Å². The number of ether oxygens (including phenoxy) is 2. The second-order valence-corrected chi connectivity index (χ2v) is 6.16. The van der Waals surface area contributed by atoms with Crippen molar-refractivity contribution in [2.45, 2.75) is 11.8 Å². The highest BCUT2D eigenvalue weighted by atomic mass is 32.2. The Bertz CT molecular complexity index is 907. The number of aryl methyl sites for hydroxylation is 1. The molecule has 6 nitrogen and oxygen atoms in total. The molecule has 0 radical (unpaired) electrons. The van der Waals surface area contributed by atoms with Gasteiger partial charge in [-0.05, 0) is 48.7 Å². The molecule has 1 amide bonds. The molecule has 7 heteroatoms. The number of carbonyl (C=O) groups is 1. The van der Waals surface area contributed by atoms with E-state index in [1.54, 1.807) is 13.2 Å². The van der Waals surface area contributed by atoms with Crippen LogP contribution >= 0.6 is 11.9 Å². The minimum Gasteiger partial charge on any atom is -0.493 e. The van der Waals surface area contributed by atoms with Crippen molar-refractivity contribution in [3.8, 4) is 11.5 Å². The highest BCUT2D eigenvalue weighted by Crippen LogP contribution is 2.37. The van der Waals surface area contributed by atoms with E-state index in [9.17, 15) is 4.79 Å². The molecule has 3 rings (SSSR count). The van der Waals surface area contributed by atoms with Crippen molar-refractivity contribution in [3.05, 3.63) is 53.8 Å². The summed E-state index contributed by atoms with van der Waals surface area (Å²) < 4.78 is 16.3. The Morgan fingerprint density at radius 2 is 1.92 bits per heavy atom. The summed E-state index contributed by atoms with van der Waals surface area (Å²) in [6, 6.07) is 13.3. The molecule has 3 aromatic rings. The fourth-order valence-electron chi connectivity index (χ4n) is 2.45. The summed E-state index contributed by atoms with van der Waals surface area (Å²) in [4.78, 5) is 16.3. The molecule has 2 aromatic carbocycles. The van der Waals surface area contributed by atoms with E-state index in [0.29, 0.717) is 22.5 Å². The Labute approximate surface area is 149 Å². The number of furan rings is 1. The number of hydrogen-bond acceptors (Lipinski definition) is 6. The second-order valence-electron chi connectivity index (χ2n) is 5.28. The van der Waals surface area contributed by atoms with Crippen molar-refractivity contribution in [2.24, 2.45) is 0 Å². The van der Waals surface area contributed by atoms with Crippen LogP contribution in [0.1, 0.15) is 16.1 Å². The Kier molecular flexibility index (Phi) is 5.16. The van der Waals surface area contributed by atoms with E-state index in [1.165, 1.54) is 19.1 Å². The van der Waals surface area contributed by atoms with Crippen molar-refractivity contribution in [1.29, 1.82) is 0 Å². The van der Waals surface area contributed by atoms with Gasteiger partial charge in [0.2, 0.25) is 5.76 Å². The minimum absolute atomic E-state index is 0.0827. The minimum atomic E-state index is -0.435. The zero-order valence-electron chi connectivity index (χ0n) is 14.1. The predicted octanol–water partition coefficient (Wildman–Crippen LogP) is 3.70. The smallest absolute Gasteiger partial charge is 0.305 e. The van der Waals surface area contributed by atoms with Gasteiger partial charge in [0.1, 0.15) is 0 Å². The van der Waals surface area contributed by atoms with Gasteiger partial charge in [0.05, 0.1) is 19.6 Å². The van der Waals surface area contributed by atoms with E-state index >= 15 is 0 Å². The van der Waals surface area contributed by atoms with Gasteiger partial charge in [-0.2, -0.15) is 4.83 Å². The summed E-state index contributed by atoms with van der Waals surface area (Å²) in [6.07, 6.45) is 0. The number of amides is 1. The molecule has 0 atom stereocenters. The number of hydrazine groups is 1. The molecular formula is C18H18N2O4S. The molecule has 2 N–H and O–H groups in total. The number of para-hydroxylation sites is 1. The van der Waals surface area contributed by atoms with Gasteiger partial charge in [-0.25, -0.2) is 0 Å². The number of hydrogen-bond donors (Lipinski definition) is 2. The Morgan fingerprint density at radius 3 is 2.64 bits per heavy atom. The topological polar surface area (TPSA) is 72.7 Å². The van der Waals surface area contributed by atoms with Crippen LogP contribution in [0.3, 0.4) is 0 Å². The molecule has 0 saturated heterocycles. The zero-order chi connectivity index (χ0) is 17.8. The number of nitrogens with one attached hydrogen (secondary N) is 2. The number of rotatable bonds is 6. The van der Waals surface area contributed by atoms with Crippen LogP contribution in [-0.2, 0) is 0 Å². The molecule has 0 spiro atoms. The fourth-order valence-corrected chi connectivity index (χ4v) is 3.10. The summed E-state index contributed by atoms with van der Waals surface area (Å²) >= 11 is 1.30. The lowest BCUT2D eigenvalue weighted by Crippen LogP contribution is -2.32. The molecular weight excluding hydrogens is 340 g/mol. The highest BCUT2D eigenvalue weighted by molar-refractivity contribution is 7.97. The average Bonchev–Trinajstić information content (AvgIpc) is 3.00. The molecule has 0 aliphatic carbocycles. The first kappa shape index (κ1) is 17.2. The summed E-state index contributed by atoms with van der Waals surface area (Å²) in [5.74, 6) is 0.556. The van der Waals surface area contributed by atoms with E-state index in [2.05, 4.69) is 10.3 Å².